The third kappa shape index (κ3) is 12.2. The van der Waals surface area contributed by atoms with E-state index in [1.165, 1.54) is 0 Å². The maximum absolute atomic E-state index is 9.78. The second-order valence-corrected chi connectivity index (χ2v) is 1.52. The molecule has 0 aliphatic heterocycles. The van der Waals surface area contributed by atoms with Crippen molar-refractivity contribution < 1.29 is 4.79 Å². The van der Waals surface area contributed by atoms with Gasteiger partial charge in [-0.25, -0.2) is 0 Å². The van der Waals surface area contributed by atoms with Gasteiger partial charge < -0.3 is 5.32 Å². The van der Waals surface area contributed by atoms with Gasteiger partial charge >= 0.3 is 0 Å². The Bertz CT molecular complexity index is 139. The molecular weight excluding hydrogens is 140 g/mol. The first-order chi connectivity index (χ1) is 5.31. The lowest BCUT2D eigenvalue weighted by molar-refractivity contribution is -0.108. The molecule has 0 aromatic heterocycles. The highest BCUT2D eigenvalue weighted by Gasteiger charge is 1.78. The average Bonchev–Trinajstić information content (AvgIpc) is 2.05. The maximum atomic E-state index is 9.78. The summed E-state index contributed by atoms with van der Waals surface area (Å²) in [5, 5.41) is 2.47. The fraction of sp³-hybridized carbons (Fsp3) is 0.500. The van der Waals surface area contributed by atoms with Crippen molar-refractivity contribution in [3.05, 3.63) is 11.8 Å². The van der Waals surface area contributed by atoms with Crippen molar-refractivity contribution in [3.63, 3.8) is 0 Å². The van der Waals surface area contributed by atoms with Crippen LogP contribution in [0.3, 0.4) is 0 Å². The van der Waals surface area contributed by atoms with E-state index in [0.717, 1.165) is 5.70 Å². The Labute approximate surface area is 68.2 Å². The number of nitrogens with one attached hydrogen (secondary N) is 1. The fourth-order valence-electron chi connectivity index (χ4n) is 0.327. The van der Waals surface area contributed by atoms with Crippen LogP contribution in [0.25, 0.3) is 0 Å². The van der Waals surface area contributed by atoms with E-state index in [1.54, 1.807) is 26.3 Å². The zero-order valence-corrected chi connectivity index (χ0v) is 7.59. The van der Waals surface area contributed by atoms with Crippen LogP contribution in [0.1, 0.15) is 20.8 Å². The summed E-state index contributed by atoms with van der Waals surface area (Å²) in [4.78, 5) is 13.5. The molecule has 64 valence electrons. The minimum absolute atomic E-state index is 0.634. The Morgan fingerprint density at radius 1 is 1.45 bits per heavy atom. The lowest BCUT2D eigenvalue weighted by Gasteiger charge is -1.91. The van der Waals surface area contributed by atoms with Gasteiger partial charge in [0.05, 0.1) is 0 Å². The molecule has 0 aromatic carbocycles. The highest BCUT2D eigenvalue weighted by Crippen LogP contribution is 1.79. The molecule has 0 saturated carbocycles. The molecule has 0 spiro atoms. The quantitative estimate of drug-likeness (QED) is 0.486. The van der Waals surface area contributed by atoms with Crippen LogP contribution in [0.4, 0.5) is 0 Å². The van der Waals surface area contributed by atoms with Gasteiger partial charge in [-0.1, -0.05) is 13.8 Å². The van der Waals surface area contributed by atoms with Crippen molar-refractivity contribution in [2.45, 2.75) is 20.8 Å². The highest BCUT2D eigenvalue weighted by molar-refractivity contribution is 5.72. The third-order valence-electron chi connectivity index (χ3n) is 0.760. The van der Waals surface area contributed by atoms with Crippen LogP contribution >= 0.6 is 0 Å². The topological polar surface area (TPSA) is 41.5 Å². The number of carbonyl (C=O) groups is 1. The van der Waals surface area contributed by atoms with Crippen LogP contribution in [0.2, 0.25) is 0 Å². The Morgan fingerprint density at radius 2 is 2.00 bits per heavy atom. The molecule has 3 nitrogen and oxygen atoms in total. The summed E-state index contributed by atoms with van der Waals surface area (Å²) < 4.78 is 0. The predicted molar refractivity (Wildman–Crippen MR) is 48.7 cm³/mol. The number of allylic oxidation sites excluding steroid dienone is 2. The minimum atomic E-state index is 0.634. The maximum Gasteiger partial charge on any atom is 0.211 e. The normalized spacial score (nSPS) is 10.4. The van der Waals surface area contributed by atoms with Crippen molar-refractivity contribution in [1.82, 2.24) is 5.32 Å². The van der Waals surface area contributed by atoms with Crippen molar-refractivity contribution in [2.75, 3.05) is 7.05 Å². The monoisotopic (exact) mass is 156 g/mol. The van der Waals surface area contributed by atoms with Gasteiger partial charge in [-0.05, 0) is 13.0 Å². The van der Waals surface area contributed by atoms with E-state index in [2.05, 4.69) is 10.3 Å². The molecular formula is C8H16N2O. The summed E-state index contributed by atoms with van der Waals surface area (Å²) in [6.45, 7) is 5.79. The molecule has 0 aliphatic carbocycles. The molecule has 0 atom stereocenters. The van der Waals surface area contributed by atoms with Gasteiger partial charge in [0, 0.05) is 19.0 Å². The van der Waals surface area contributed by atoms with E-state index in [0.29, 0.717) is 6.41 Å². The predicted octanol–water partition coefficient (Wildman–Crippen LogP) is 1.36. The number of amides is 1. The Morgan fingerprint density at radius 3 is 2.36 bits per heavy atom. The second-order valence-electron chi connectivity index (χ2n) is 1.52. The largest absolute Gasteiger partial charge is 0.333 e. The van der Waals surface area contributed by atoms with E-state index < -0.39 is 0 Å². The summed E-state index contributed by atoms with van der Waals surface area (Å²) in [6.07, 6.45) is 3.97. The highest BCUT2D eigenvalue weighted by atomic mass is 16.1. The van der Waals surface area contributed by atoms with E-state index >= 15 is 0 Å². The first-order valence-corrected chi connectivity index (χ1v) is 3.60. The summed E-state index contributed by atoms with van der Waals surface area (Å²) >= 11 is 0. The summed E-state index contributed by atoms with van der Waals surface area (Å²) in [7, 11) is 1.67. The van der Waals surface area contributed by atoms with Gasteiger partial charge in [-0.3, -0.25) is 9.79 Å². The lowest BCUT2D eigenvalue weighted by Crippen LogP contribution is -2.06. The molecule has 11 heavy (non-hydrogen) atoms. The first-order valence-electron chi connectivity index (χ1n) is 3.60. The summed E-state index contributed by atoms with van der Waals surface area (Å²) in [5.74, 6) is 0. The molecule has 0 unspecified atom stereocenters. The number of nitrogens with zero attached hydrogens (tertiary/aromatic N) is 1. The van der Waals surface area contributed by atoms with Crippen LogP contribution in [0.15, 0.2) is 16.8 Å². The Hall–Kier alpha value is -1.12. The smallest absolute Gasteiger partial charge is 0.211 e. The number of carbonyl (C=O) groups excluding carboxylic acids is 1. The first kappa shape index (κ1) is 12.5. The number of hydrogen-bond donors (Lipinski definition) is 1. The zero-order chi connectivity index (χ0) is 9.11. The van der Waals surface area contributed by atoms with E-state index in [9.17, 15) is 4.79 Å². The van der Waals surface area contributed by atoms with E-state index in [1.807, 2.05) is 13.8 Å². The van der Waals surface area contributed by atoms with Gasteiger partial charge in [0.15, 0.2) is 0 Å². The zero-order valence-electron chi connectivity index (χ0n) is 7.59. The number of aliphatic imine (C=N–C) groups is 1. The molecule has 0 rings (SSSR count). The summed E-state index contributed by atoms with van der Waals surface area (Å²) in [5.41, 5.74) is 0.788. The van der Waals surface area contributed by atoms with Gasteiger partial charge in [-0.2, -0.15) is 0 Å². The molecule has 0 radical (unpaired) electrons. The van der Waals surface area contributed by atoms with Crippen LogP contribution in [0.5, 0.6) is 0 Å². The lowest BCUT2D eigenvalue weighted by atomic mass is 10.4. The van der Waals surface area contributed by atoms with Crippen LogP contribution in [-0.2, 0) is 4.79 Å². The molecule has 1 amide bonds. The van der Waals surface area contributed by atoms with E-state index in [-0.39, 0.29) is 0 Å². The number of rotatable bonds is 3. The molecule has 0 aromatic rings. The Kier molecular flexibility index (Phi) is 13.3. The summed E-state index contributed by atoms with van der Waals surface area (Å²) in [6, 6.07) is 0. The molecule has 0 aliphatic rings. The van der Waals surface area contributed by atoms with Crippen molar-refractivity contribution in [1.29, 1.82) is 0 Å². The van der Waals surface area contributed by atoms with Crippen molar-refractivity contribution in [3.8, 4) is 0 Å². The van der Waals surface area contributed by atoms with Crippen LogP contribution < -0.4 is 5.32 Å². The molecule has 0 saturated heterocycles. The van der Waals surface area contributed by atoms with Crippen molar-refractivity contribution >= 4 is 12.6 Å². The molecule has 1 N–H and O–H groups in total. The van der Waals surface area contributed by atoms with Gasteiger partial charge in [-0.15, -0.1) is 0 Å². The van der Waals surface area contributed by atoms with Crippen molar-refractivity contribution in [2.24, 2.45) is 4.99 Å². The van der Waals surface area contributed by atoms with E-state index in [4.69, 9.17) is 0 Å². The standard InChI is InChI=1S/C6H10N2O.C2H6/c1-6(8-5-9)3-4-7-2;1-2/h3-5H,1-2H3,(H,8,9);1-2H3/b6-3-,7-4?;. The van der Waals surface area contributed by atoms with Crippen LogP contribution in [0, 0.1) is 0 Å². The third-order valence-corrected chi connectivity index (χ3v) is 0.760. The van der Waals surface area contributed by atoms with Crippen LogP contribution in [-0.4, -0.2) is 19.7 Å². The molecule has 3 heteroatoms. The van der Waals surface area contributed by atoms with Gasteiger partial charge in [0.25, 0.3) is 0 Å². The average molecular weight is 156 g/mol. The van der Waals surface area contributed by atoms with Gasteiger partial charge in [0.1, 0.15) is 0 Å². The molecule has 0 fully saturated rings. The fourth-order valence-corrected chi connectivity index (χ4v) is 0.327. The molecule has 0 bridgehead atoms. The SMILES string of the molecule is CC.CN=C/C=C(/C)NC=O. The number of hydrogen-bond acceptors (Lipinski definition) is 2. The minimum Gasteiger partial charge on any atom is -0.333 e. The second kappa shape index (κ2) is 11.6. The molecule has 0 heterocycles. The van der Waals surface area contributed by atoms with Gasteiger partial charge in [0.2, 0.25) is 6.41 Å². The Balaban J connectivity index is 0.